The van der Waals surface area contributed by atoms with E-state index in [1.165, 1.54) is 49.9 Å². The highest BCUT2D eigenvalue weighted by atomic mass is 32.1. The molecule has 5 aliphatic rings. The molecule has 3 aromatic heterocycles. The topological polar surface area (TPSA) is 124 Å². The molecule has 4 heterocycles. The van der Waals surface area contributed by atoms with E-state index in [-0.39, 0.29) is 17.0 Å². The number of hydrogen-bond acceptors (Lipinski definition) is 7. The van der Waals surface area contributed by atoms with Crippen molar-refractivity contribution in [2.24, 2.45) is 23.2 Å². The summed E-state index contributed by atoms with van der Waals surface area (Å²) in [6, 6.07) is 21.6. The number of carbonyl (C=O) groups excluding carboxylic acids is 1. The van der Waals surface area contributed by atoms with Gasteiger partial charge in [-0.2, -0.15) is 5.26 Å². The van der Waals surface area contributed by atoms with Crippen LogP contribution in [0.5, 0.6) is 0 Å². The average molecular weight is 683 g/mol. The largest absolute Gasteiger partial charge is 0.476 e. The Labute approximate surface area is 294 Å². The predicted octanol–water partition coefficient (Wildman–Crippen LogP) is 8.07. The van der Waals surface area contributed by atoms with Gasteiger partial charge in [0.25, 0.3) is 5.91 Å². The summed E-state index contributed by atoms with van der Waals surface area (Å²) >= 11 is 1.44. The number of thiazole rings is 1. The Morgan fingerprint density at radius 3 is 2.48 bits per heavy atom. The number of pyridine rings is 1. The zero-order valence-electron chi connectivity index (χ0n) is 28.0. The Morgan fingerprint density at radius 2 is 1.76 bits per heavy atom. The fourth-order valence-electron chi connectivity index (χ4n) is 10.1. The van der Waals surface area contributed by atoms with Crippen molar-refractivity contribution >= 4 is 44.4 Å². The van der Waals surface area contributed by atoms with Crippen LogP contribution in [0.1, 0.15) is 81.9 Å². The van der Waals surface area contributed by atoms with Gasteiger partial charge in [-0.3, -0.25) is 10.1 Å². The number of nitriles is 1. The molecule has 252 valence electrons. The minimum absolute atomic E-state index is 0.0327. The van der Waals surface area contributed by atoms with E-state index < -0.39 is 5.97 Å². The first-order chi connectivity index (χ1) is 24.3. The zero-order chi connectivity index (χ0) is 34.1. The van der Waals surface area contributed by atoms with Gasteiger partial charge in [0, 0.05) is 42.0 Å². The lowest BCUT2D eigenvalue weighted by atomic mass is 9.49. The molecule has 0 radical (unpaired) electrons. The first kappa shape index (κ1) is 31.0. The second-order valence-corrected chi connectivity index (χ2v) is 16.1. The summed E-state index contributed by atoms with van der Waals surface area (Å²) in [7, 11) is 0. The maximum Gasteiger partial charge on any atom is 0.355 e. The van der Waals surface area contributed by atoms with E-state index in [1.807, 2.05) is 72.5 Å². The van der Waals surface area contributed by atoms with Gasteiger partial charge in [-0.1, -0.05) is 35.6 Å². The van der Waals surface area contributed by atoms with Gasteiger partial charge in [-0.05, 0) is 123 Å². The molecule has 0 spiro atoms. The van der Waals surface area contributed by atoms with Gasteiger partial charge >= 0.3 is 5.97 Å². The molecule has 1 amide bonds. The molecule has 4 saturated carbocycles. The van der Waals surface area contributed by atoms with Crippen molar-refractivity contribution in [2.75, 3.05) is 16.8 Å². The number of fused-ring (bicyclic) bond motifs is 2. The Morgan fingerprint density at radius 1 is 1.00 bits per heavy atom. The second-order valence-electron chi connectivity index (χ2n) is 15.1. The molecule has 4 bridgehead atoms. The molecule has 4 fully saturated rings. The number of amides is 1. The number of hydrogen-bond donors (Lipinski definition) is 2. The summed E-state index contributed by atoms with van der Waals surface area (Å²) in [6.45, 7) is 3.89. The fourth-order valence-corrected chi connectivity index (χ4v) is 11.0. The Balaban J connectivity index is 0.998. The SMILES string of the molecule is Cc1c(-c2ccc(N3CCc4cccc(C(=O)Nc5nc6ccccc6s5)c4C3)nc2C(=O)O)cc(C#N)n1CC12CC3CC(CC(C3)C1)C2. The summed E-state index contributed by atoms with van der Waals surface area (Å²) in [5.41, 5.74) is 6.38. The summed E-state index contributed by atoms with van der Waals surface area (Å²) in [5.74, 6) is 1.64. The lowest BCUT2D eigenvalue weighted by Gasteiger charge is -2.57. The number of benzene rings is 2. The lowest BCUT2D eigenvalue weighted by molar-refractivity contribution is -0.0621. The van der Waals surface area contributed by atoms with Gasteiger partial charge in [0.2, 0.25) is 0 Å². The molecule has 50 heavy (non-hydrogen) atoms. The number of carboxylic acid groups (broad SMARTS) is 1. The van der Waals surface area contributed by atoms with E-state index in [1.54, 1.807) is 0 Å². The van der Waals surface area contributed by atoms with Gasteiger partial charge in [0.15, 0.2) is 10.8 Å². The predicted molar refractivity (Wildman–Crippen MR) is 193 cm³/mol. The highest BCUT2D eigenvalue weighted by Gasteiger charge is 2.51. The third kappa shape index (κ3) is 5.26. The number of carbonyl (C=O) groups is 2. The molecule has 0 saturated heterocycles. The van der Waals surface area contributed by atoms with Crippen LogP contribution < -0.4 is 10.2 Å². The molecule has 10 heteroatoms. The molecule has 2 aromatic carbocycles. The summed E-state index contributed by atoms with van der Waals surface area (Å²) in [5, 5.41) is 24.2. The number of aromatic carboxylic acids is 1. The van der Waals surface area contributed by atoms with Crippen LogP contribution in [0.3, 0.4) is 0 Å². The van der Waals surface area contributed by atoms with Crippen molar-refractivity contribution in [3.8, 4) is 17.2 Å². The van der Waals surface area contributed by atoms with Crippen LogP contribution in [-0.4, -0.2) is 38.1 Å². The molecule has 2 N–H and O–H groups in total. The summed E-state index contributed by atoms with van der Waals surface area (Å²) < 4.78 is 3.16. The molecule has 4 aliphatic carbocycles. The Bertz CT molecular complexity index is 2180. The second kappa shape index (κ2) is 11.8. The molecule has 9 nitrogen and oxygen atoms in total. The van der Waals surface area contributed by atoms with E-state index in [2.05, 4.69) is 20.9 Å². The Hall–Kier alpha value is -5.01. The zero-order valence-corrected chi connectivity index (χ0v) is 28.8. The average Bonchev–Trinajstić information content (AvgIpc) is 3.65. The quantitative estimate of drug-likeness (QED) is 0.178. The summed E-state index contributed by atoms with van der Waals surface area (Å²) in [4.78, 5) is 37.7. The van der Waals surface area contributed by atoms with Crippen molar-refractivity contribution in [1.29, 1.82) is 5.26 Å². The number of carboxylic acids is 1. The van der Waals surface area contributed by atoms with E-state index in [0.717, 1.165) is 56.9 Å². The molecular weight excluding hydrogens is 645 g/mol. The summed E-state index contributed by atoms with van der Waals surface area (Å²) in [6.07, 6.45) is 8.49. The maximum absolute atomic E-state index is 13.6. The van der Waals surface area contributed by atoms with Crippen molar-refractivity contribution in [3.63, 3.8) is 0 Å². The third-order valence-electron chi connectivity index (χ3n) is 11.9. The maximum atomic E-state index is 13.6. The third-order valence-corrected chi connectivity index (χ3v) is 12.8. The van der Waals surface area contributed by atoms with Crippen LogP contribution in [0, 0.1) is 41.4 Å². The molecule has 0 atom stereocenters. The Kier molecular flexibility index (Phi) is 7.32. The first-order valence-corrected chi connectivity index (χ1v) is 18.4. The lowest BCUT2D eigenvalue weighted by Crippen LogP contribution is -2.48. The van der Waals surface area contributed by atoms with Crippen LogP contribution in [0.15, 0.2) is 60.7 Å². The number of rotatable bonds is 7. The van der Waals surface area contributed by atoms with Crippen LogP contribution >= 0.6 is 11.3 Å². The van der Waals surface area contributed by atoms with E-state index in [0.29, 0.717) is 47.3 Å². The highest BCUT2D eigenvalue weighted by Crippen LogP contribution is 2.60. The number of nitrogens with zero attached hydrogens (tertiary/aromatic N) is 5. The number of nitrogens with one attached hydrogen (secondary N) is 1. The highest BCUT2D eigenvalue weighted by molar-refractivity contribution is 7.22. The van der Waals surface area contributed by atoms with Crippen LogP contribution in [0.25, 0.3) is 21.3 Å². The van der Waals surface area contributed by atoms with Crippen molar-refractivity contribution < 1.29 is 14.7 Å². The van der Waals surface area contributed by atoms with E-state index in [9.17, 15) is 20.0 Å². The molecule has 10 rings (SSSR count). The van der Waals surface area contributed by atoms with Crippen LogP contribution in [-0.2, 0) is 19.5 Å². The minimum Gasteiger partial charge on any atom is -0.476 e. The van der Waals surface area contributed by atoms with Gasteiger partial charge < -0.3 is 14.6 Å². The van der Waals surface area contributed by atoms with E-state index >= 15 is 0 Å². The normalized spacial score (nSPS) is 23.5. The minimum atomic E-state index is -1.11. The molecular formula is C40H38N6O3S. The number of aromatic nitrogens is 3. The van der Waals surface area contributed by atoms with Crippen molar-refractivity contribution in [1.82, 2.24) is 14.5 Å². The standard InChI is InChI=1S/C40H38N6O3S/c1-23-31(16-28(20-41)46(23)22-40-17-24-13-25(18-40)15-26(14-24)19-40)29-9-10-35(43-36(29)38(48)49)45-12-11-27-5-4-6-30(32(27)21-45)37(47)44-39-42-33-7-2-3-8-34(33)50-39/h2-10,16,24-26H,11-15,17-19,21-22H2,1H3,(H,48,49)(H,42,44,47). The fraction of sp³-hybridized carbons (Fsp3) is 0.375. The molecule has 5 aromatic rings. The van der Waals surface area contributed by atoms with Crippen LogP contribution in [0.2, 0.25) is 0 Å². The van der Waals surface area contributed by atoms with E-state index in [4.69, 9.17) is 4.98 Å². The van der Waals surface area contributed by atoms with Gasteiger partial charge in [0.05, 0.1) is 10.2 Å². The number of anilines is 2. The molecule has 0 unspecified atom stereocenters. The molecule has 1 aliphatic heterocycles. The van der Waals surface area contributed by atoms with Gasteiger partial charge in [0.1, 0.15) is 17.6 Å². The monoisotopic (exact) mass is 682 g/mol. The number of para-hydroxylation sites is 1. The van der Waals surface area contributed by atoms with Gasteiger partial charge in [-0.25, -0.2) is 14.8 Å². The smallest absolute Gasteiger partial charge is 0.355 e. The van der Waals surface area contributed by atoms with Crippen molar-refractivity contribution in [3.05, 3.63) is 94.4 Å². The first-order valence-electron chi connectivity index (χ1n) is 17.6. The van der Waals surface area contributed by atoms with Crippen molar-refractivity contribution in [2.45, 2.75) is 65.0 Å². The van der Waals surface area contributed by atoms with Gasteiger partial charge in [-0.15, -0.1) is 0 Å². The van der Waals surface area contributed by atoms with Crippen LogP contribution in [0.4, 0.5) is 10.9 Å².